The summed E-state index contributed by atoms with van der Waals surface area (Å²) in [5.41, 5.74) is 1.67. The molecule has 1 aliphatic heterocycles. The largest absolute Gasteiger partial charge is 0.507 e. The molecule has 0 saturated carbocycles. The number of esters is 1. The van der Waals surface area contributed by atoms with Gasteiger partial charge in [-0.1, -0.05) is 12.1 Å². The van der Waals surface area contributed by atoms with Crippen molar-refractivity contribution < 1.29 is 28.9 Å². The van der Waals surface area contributed by atoms with Crippen molar-refractivity contribution in [3.63, 3.8) is 0 Å². The molecule has 7 heteroatoms. The summed E-state index contributed by atoms with van der Waals surface area (Å²) >= 11 is 0. The van der Waals surface area contributed by atoms with Crippen LogP contribution in [0.2, 0.25) is 0 Å². The van der Waals surface area contributed by atoms with Crippen molar-refractivity contribution in [3.05, 3.63) is 53.1 Å². The molecule has 7 nitrogen and oxygen atoms in total. The van der Waals surface area contributed by atoms with Crippen molar-refractivity contribution in [2.45, 2.75) is 19.9 Å². The number of phenolic OH excluding ortho intramolecular Hbond substituents is 1. The van der Waals surface area contributed by atoms with Crippen molar-refractivity contribution in [1.82, 2.24) is 5.32 Å². The second-order valence-corrected chi connectivity index (χ2v) is 6.00. The Hall–Kier alpha value is -3.22. The SMILES string of the molecule is Cc1ccc(C(=O)OCC(=O)NC(C)c2ccc3c(c2)OCO3)c(O)c1. The normalized spacial score (nSPS) is 13.2. The van der Waals surface area contributed by atoms with E-state index in [0.717, 1.165) is 11.1 Å². The predicted octanol–water partition coefficient (Wildman–Crippen LogP) is 2.46. The molecular formula is C19H19NO6. The number of rotatable bonds is 5. The van der Waals surface area contributed by atoms with Crippen molar-refractivity contribution in [3.8, 4) is 17.2 Å². The Morgan fingerprint density at radius 3 is 2.73 bits per heavy atom. The minimum Gasteiger partial charge on any atom is -0.507 e. The van der Waals surface area contributed by atoms with Gasteiger partial charge in [-0.2, -0.15) is 0 Å². The van der Waals surface area contributed by atoms with Crippen LogP contribution in [0.3, 0.4) is 0 Å². The summed E-state index contributed by atoms with van der Waals surface area (Å²) in [6.45, 7) is 3.34. The number of phenols is 1. The van der Waals surface area contributed by atoms with Crippen LogP contribution in [0.15, 0.2) is 36.4 Å². The lowest BCUT2D eigenvalue weighted by molar-refractivity contribution is -0.124. The van der Waals surface area contributed by atoms with Crippen LogP contribution in [0.25, 0.3) is 0 Å². The zero-order chi connectivity index (χ0) is 18.7. The molecule has 0 saturated heterocycles. The maximum atomic E-state index is 12.0. The summed E-state index contributed by atoms with van der Waals surface area (Å²) in [6.07, 6.45) is 0. The lowest BCUT2D eigenvalue weighted by Crippen LogP contribution is -2.31. The molecule has 3 rings (SSSR count). The second-order valence-electron chi connectivity index (χ2n) is 6.00. The molecule has 0 aromatic heterocycles. The average Bonchev–Trinajstić information content (AvgIpc) is 3.07. The molecule has 1 aliphatic rings. The Morgan fingerprint density at radius 1 is 1.19 bits per heavy atom. The van der Waals surface area contributed by atoms with Gasteiger partial charge in [0.1, 0.15) is 11.3 Å². The van der Waals surface area contributed by atoms with E-state index in [4.69, 9.17) is 14.2 Å². The summed E-state index contributed by atoms with van der Waals surface area (Å²) < 4.78 is 15.5. The number of nitrogens with one attached hydrogen (secondary N) is 1. The van der Waals surface area contributed by atoms with E-state index in [2.05, 4.69) is 5.32 Å². The van der Waals surface area contributed by atoms with Gasteiger partial charge in [-0.05, 0) is 49.2 Å². The van der Waals surface area contributed by atoms with Crippen LogP contribution in [0.1, 0.15) is 34.5 Å². The highest BCUT2D eigenvalue weighted by Gasteiger charge is 2.18. The van der Waals surface area contributed by atoms with E-state index in [0.29, 0.717) is 11.5 Å². The molecule has 136 valence electrons. The van der Waals surface area contributed by atoms with Gasteiger partial charge in [0, 0.05) is 0 Å². The van der Waals surface area contributed by atoms with Gasteiger partial charge in [-0.15, -0.1) is 0 Å². The molecule has 1 unspecified atom stereocenters. The lowest BCUT2D eigenvalue weighted by Gasteiger charge is -2.15. The monoisotopic (exact) mass is 357 g/mol. The van der Waals surface area contributed by atoms with E-state index in [1.165, 1.54) is 12.1 Å². The number of carbonyl (C=O) groups is 2. The van der Waals surface area contributed by atoms with Crippen molar-refractivity contribution in [1.29, 1.82) is 0 Å². The number of fused-ring (bicyclic) bond motifs is 1. The van der Waals surface area contributed by atoms with Crippen LogP contribution >= 0.6 is 0 Å². The Balaban J connectivity index is 1.54. The van der Waals surface area contributed by atoms with E-state index in [1.54, 1.807) is 25.1 Å². The summed E-state index contributed by atoms with van der Waals surface area (Å²) in [5, 5.41) is 12.5. The van der Waals surface area contributed by atoms with Crippen molar-refractivity contribution >= 4 is 11.9 Å². The summed E-state index contributed by atoms with van der Waals surface area (Å²) in [6, 6.07) is 9.69. The van der Waals surface area contributed by atoms with Crippen LogP contribution in [0.5, 0.6) is 17.2 Å². The third-order valence-corrected chi connectivity index (χ3v) is 3.98. The zero-order valence-electron chi connectivity index (χ0n) is 14.4. The molecule has 1 atom stereocenters. The number of benzene rings is 2. The van der Waals surface area contributed by atoms with Gasteiger partial charge in [-0.3, -0.25) is 4.79 Å². The van der Waals surface area contributed by atoms with E-state index >= 15 is 0 Å². The van der Waals surface area contributed by atoms with E-state index in [9.17, 15) is 14.7 Å². The summed E-state index contributed by atoms with van der Waals surface area (Å²) in [5.74, 6) is -0.0865. The highest BCUT2D eigenvalue weighted by molar-refractivity contribution is 5.94. The lowest BCUT2D eigenvalue weighted by atomic mass is 10.1. The first-order valence-electron chi connectivity index (χ1n) is 8.09. The first-order valence-corrected chi connectivity index (χ1v) is 8.09. The fourth-order valence-electron chi connectivity index (χ4n) is 2.57. The Bertz CT molecular complexity index is 848. The standard InChI is InChI=1S/C19H19NO6/c1-11-3-5-14(15(21)7-11)19(23)24-9-18(22)20-12(2)13-4-6-16-17(8-13)26-10-25-16/h3-8,12,21H,9-10H2,1-2H3,(H,20,22). The molecule has 2 aromatic rings. The Morgan fingerprint density at radius 2 is 1.96 bits per heavy atom. The Labute approximate surface area is 150 Å². The summed E-state index contributed by atoms with van der Waals surface area (Å²) in [7, 11) is 0. The minimum atomic E-state index is -0.756. The molecule has 0 bridgehead atoms. The van der Waals surface area contributed by atoms with Crippen LogP contribution in [-0.2, 0) is 9.53 Å². The van der Waals surface area contributed by atoms with E-state index in [-0.39, 0.29) is 24.1 Å². The van der Waals surface area contributed by atoms with Gasteiger partial charge in [0.2, 0.25) is 6.79 Å². The summed E-state index contributed by atoms with van der Waals surface area (Å²) in [4.78, 5) is 24.0. The number of aryl methyl sites for hydroxylation is 1. The van der Waals surface area contributed by atoms with Gasteiger partial charge in [0.15, 0.2) is 18.1 Å². The smallest absolute Gasteiger partial charge is 0.342 e. The highest BCUT2D eigenvalue weighted by Crippen LogP contribution is 2.34. The average molecular weight is 357 g/mol. The third kappa shape index (κ3) is 3.88. The molecule has 26 heavy (non-hydrogen) atoms. The van der Waals surface area contributed by atoms with Crippen molar-refractivity contribution in [2.75, 3.05) is 13.4 Å². The number of aromatic hydroxyl groups is 1. The van der Waals surface area contributed by atoms with E-state index in [1.807, 2.05) is 13.0 Å². The minimum absolute atomic E-state index is 0.0206. The van der Waals surface area contributed by atoms with Gasteiger partial charge in [0.05, 0.1) is 6.04 Å². The first kappa shape index (κ1) is 17.6. The number of hydrogen-bond acceptors (Lipinski definition) is 6. The van der Waals surface area contributed by atoms with Gasteiger partial charge < -0.3 is 24.6 Å². The molecule has 1 amide bonds. The first-order chi connectivity index (χ1) is 12.4. The predicted molar refractivity (Wildman–Crippen MR) is 92.2 cm³/mol. The molecule has 0 fully saturated rings. The molecule has 1 heterocycles. The zero-order valence-corrected chi connectivity index (χ0v) is 14.4. The van der Waals surface area contributed by atoms with Gasteiger partial charge in [-0.25, -0.2) is 4.79 Å². The van der Waals surface area contributed by atoms with Crippen LogP contribution in [0, 0.1) is 6.92 Å². The number of carbonyl (C=O) groups excluding carboxylic acids is 2. The number of hydrogen-bond donors (Lipinski definition) is 2. The van der Waals surface area contributed by atoms with Gasteiger partial charge >= 0.3 is 5.97 Å². The van der Waals surface area contributed by atoms with Crippen LogP contribution < -0.4 is 14.8 Å². The van der Waals surface area contributed by atoms with E-state index < -0.39 is 18.5 Å². The third-order valence-electron chi connectivity index (χ3n) is 3.98. The fourth-order valence-corrected chi connectivity index (χ4v) is 2.57. The maximum absolute atomic E-state index is 12.0. The molecule has 0 spiro atoms. The molecular weight excluding hydrogens is 338 g/mol. The molecule has 2 aromatic carbocycles. The van der Waals surface area contributed by atoms with Gasteiger partial charge in [0.25, 0.3) is 5.91 Å². The fraction of sp³-hybridized carbons (Fsp3) is 0.263. The quantitative estimate of drug-likeness (QED) is 0.799. The van der Waals surface area contributed by atoms with Crippen molar-refractivity contribution in [2.24, 2.45) is 0 Å². The number of amides is 1. The Kier molecular flexibility index (Phi) is 4.97. The second kappa shape index (κ2) is 7.35. The topological polar surface area (TPSA) is 94.1 Å². The number of ether oxygens (including phenoxy) is 3. The molecule has 0 radical (unpaired) electrons. The molecule has 2 N–H and O–H groups in total. The maximum Gasteiger partial charge on any atom is 0.342 e. The highest BCUT2D eigenvalue weighted by atomic mass is 16.7. The van der Waals surface area contributed by atoms with Crippen LogP contribution in [0.4, 0.5) is 0 Å². The molecule has 0 aliphatic carbocycles. The van der Waals surface area contributed by atoms with Crippen LogP contribution in [-0.4, -0.2) is 30.4 Å².